The SMILES string of the molecule is O=[N+]([O-])c1cc(F)c(O)c([C@H](c2ccc(OC(F)(F)F)cc2)N2CCNCC2)c1. The minimum atomic E-state index is -4.85. The Hall–Kier alpha value is -2.92. The third-order valence-corrected chi connectivity index (χ3v) is 4.53. The van der Waals surface area contributed by atoms with E-state index in [-0.39, 0.29) is 5.56 Å². The van der Waals surface area contributed by atoms with Crippen LogP contribution in [0.5, 0.6) is 11.5 Å². The van der Waals surface area contributed by atoms with Gasteiger partial charge in [0.1, 0.15) is 5.75 Å². The van der Waals surface area contributed by atoms with Gasteiger partial charge >= 0.3 is 6.36 Å². The Bertz CT molecular complexity index is 884. The van der Waals surface area contributed by atoms with Crippen LogP contribution < -0.4 is 10.1 Å². The molecule has 0 amide bonds. The molecule has 1 aliphatic rings. The number of rotatable bonds is 5. The molecule has 0 spiro atoms. The summed E-state index contributed by atoms with van der Waals surface area (Å²) in [6.45, 7) is 2.14. The van der Waals surface area contributed by atoms with Gasteiger partial charge in [-0.1, -0.05) is 12.1 Å². The van der Waals surface area contributed by atoms with Crippen molar-refractivity contribution in [3.05, 3.63) is 63.5 Å². The lowest BCUT2D eigenvalue weighted by molar-refractivity contribution is -0.385. The second kappa shape index (κ2) is 8.21. The van der Waals surface area contributed by atoms with Crippen molar-refractivity contribution in [2.75, 3.05) is 26.2 Å². The molecule has 0 unspecified atom stereocenters. The van der Waals surface area contributed by atoms with Gasteiger partial charge in [-0.3, -0.25) is 15.0 Å². The lowest BCUT2D eigenvalue weighted by atomic mass is 9.94. The second-order valence-corrected chi connectivity index (χ2v) is 6.43. The molecule has 0 aliphatic carbocycles. The maximum atomic E-state index is 14.2. The van der Waals surface area contributed by atoms with Gasteiger partial charge in [0, 0.05) is 37.8 Å². The van der Waals surface area contributed by atoms with E-state index >= 15 is 0 Å². The molecule has 2 aromatic rings. The molecule has 0 saturated carbocycles. The molecule has 1 aliphatic heterocycles. The topological polar surface area (TPSA) is 87.9 Å². The van der Waals surface area contributed by atoms with Crippen molar-refractivity contribution >= 4 is 5.69 Å². The van der Waals surface area contributed by atoms with Crippen LogP contribution in [0.2, 0.25) is 0 Å². The van der Waals surface area contributed by atoms with E-state index in [0.717, 1.165) is 18.2 Å². The van der Waals surface area contributed by atoms with Crippen LogP contribution in [-0.4, -0.2) is 47.5 Å². The van der Waals surface area contributed by atoms with E-state index in [1.807, 2.05) is 4.90 Å². The van der Waals surface area contributed by atoms with Gasteiger partial charge < -0.3 is 15.2 Å². The molecule has 3 rings (SSSR count). The zero-order valence-corrected chi connectivity index (χ0v) is 14.9. The van der Waals surface area contributed by atoms with Crippen LogP contribution in [0.4, 0.5) is 23.2 Å². The van der Waals surface area contributed by atoms with Crippen LogP contribution >= 0.6 is 0 Å². The van der Waals surface area contributed by atoms with Crippen molar-refractivity contribution in [2.24, 2.45) is 0 Å². The standard InChI is InChI=1S/C18H17F4N3O4/c19-15-10-12(25(27)28)9-14(17(15)26)16(24-7-5-23-6-8-24)11-1-3-13(4-2-11)29-18(20,21)22/h1-4,9-10,16,23,26H,5-8H2/t16-/m0/s1. The lowest BCUT2D eigenvalue weighted by Crippen LogP contribution is -2.45. The van der Waals surface area contributed by atoms with Gasteiger partial charge in [0.25, 0.3) is 5.69 Å². The minimum absolute atomic E-state index is 0.0388. The Labute approximate surface area is 162 Å². The fourth-order valence-electron chi connectivity index (χ4n) is 3.30. The first-order chi connectivity index (χ1) is 13.7. The molecule has 7 nitrogen and oxygen atoms in total. The summed E-state index contributed by atoms with van der Waals surface area (Å²) < 4.78 is 55.2. The highest BCUT2D eigenvalue weighted by Crippen LogP contribution is 2.39. The van der Waals surface area contributed by atoms with E-state index in [1.54, 1.807) is 0 Å². The molecular weight excluding hydrogens is 398 g/mol. The highest BCUT2D eigenvalue weighted by molar-refractivity contribution is 5.49. The molecule has 156 valence electrons. The number of nitrogens with one attached hydrogen (secondary N) is 1. The summed E-state index contributed by atoms with van der Waals surface area (Å²) >= 11 is 0. The third kappa shape index (κ3) is 4.93. The van der Waals surface area contributed by atoms with Gasteiger partial charge in [-0.15, -0.1) is 13.2 Å². The van der Waals surface area contributed by atoms with Crippen molar-refractivity contribution in [1.29, 1.82) is 0 Å². The summed E-state index contributed by atoms with van der Waals surface area (Å²) in [5.74, 6) is -2.32. The number of nitrogens with zero attached hydrogens (tertiary/aromatic N) is 2. The first kappa shape index (κ1) is 20.8. The summed E-state index contributed by atoms with van der Waals surface area (Å²) in [7, 11) is 0. The Kier molecular flexibility index (Phi) is 5.89. The number of phenols is 1. The van der Waals surface area contributed by atoms with Crippen molar-refractivity contribution in [1.82, 2.24) is 10.2 Å². The summed E-state index contributed by atoms with van der Waals surface area (Å²) in [5, 5.41) is 24.5. The molecule has 2 N–H and O–H groups in total. The molecule has 0 radical (unpaired) electrons. The second-order valence-electron chi connectivity index (χ2n) is 6.43. The molecule has 1 saturated heterocycles. The van der Waals surface area contributed by atoms with E-state index in [1.165, 1.54) is 12.1 Å². The monoisotopic (exact) mass is 415 g/mol. The summed E-state index contributed by atoms with van der Waals surface area (Å²) in [5.41, 5.74) is -0.146. The van der Waals surface area contributed by atoms with Gasteiger partial charge in [0.15, 0.2) is 11.6 Å². The van der Waals surface area contributed by atoms with Gasteiger partial charge in [0.2, 0.25) is 0 Å². The van der Waals surface area contributed by atoms with Crippen molar-refractivity contribution < 1.29 is 32.3 Å². The number of aromatic hydroxyl groups is 1. The number of piperazine rings is 1. The van der Waals surface area contributed by atoms with Gasteiger partial charge in [0.05, 0.1) is 17.0 Å². The maximum absolute atomic E-state index is 14.2. The molecule has 29 heavy (non-hydrogen) atoms. The molecule has 2 aromatic carbocycles. The molecule has 11 heteroatoms. The molecule has 1 atom stereocenters. The first-order valence-corrected chi connectivity index (χ1v) is 8.63. The van der Waals surface area contributed by atoms with E-state index in [9.17, 15) is 32.8 Å². The largest absolute Gasteiger partial charge is 0.573 e. The number of hydrogen-bond acceptors (Lipinski definition) is 6. The van der Waals surface area contributed by atoms with Crippen molar-refractivity contribution in [3.63, 3.8) is 0 Å². The Balaban J connectivity index is 2.05. The molecule has 0 bridgehead atoms. The van der Waals surface area contributed by atoms with Crippen LogP contribution in [-0.2, 0) is 0 Å². The maximum Gasteiger partial charge on any atom is 0.573 e. The summed E-state index contributed by atoms with van der Waals surface area (Å²) in [6.07, 6.45) is -4.85. The Morgan fingerprint density at radius 1 is 1.17 bits per heavy atom. The number of ether oxygens (including phenoxy) is 1. The fraction of sp³-hybridized carbons (Fsp3) is 0.333. The number of phenolic OH excluding ortho intramolecular Hbond substituents is 1. The Morgan fingerprint density at radius 2 is 1.79 bits per heavy atom. The molecule has 1 heterocycles. The van der Waals surface area contributed by atoms with Gasteiger partial charge in [-0.25, -0.2) is 4.39 Å². The first-order valence-electron chi connectivity index (χ1n) is 8.63. The highest BCUT2D eigenvalue weighted by atomic mass is 19.4. The van der Waals surface area contributed by atoms with Crippen LogP contribution in [0.15, 0.2) is 36.4 Å². The zero-order chi connectivity index (χ0) is 21.2. The van der Waals surface area contributed by atoms with Crippen molar-refractivity contribution in [3.8, 4) is 11.5 Å². The molecular formula is C18H17F4N3O4. The molecule has 0 aromatic heterocycles. The number of nitro benzene ring substituents is 1. The van der Waals surface area contributed by atoms with Gasteiger partial charge in [-0.05, 0) is 17.7 Å². The highest BCUT2D eigenvalue weighted by Gasteiger charge is 2.32. The van der Waals surface area contributed by atoms with E-state index in [4.69, 9.17) is 0 Å². The zero-order valence-electron chi connectivity index (χ0n) is 14.9. The fourth-order valence-corrected chi connectivity index (χ4v) is 3.30. The number of hydrogen-bond donors (Lipinski definition) is 2. The Morgan fingerprint density at radius 3 is 2.34 bits per heavy atom. The average Bonchev–Trinajstić information content (AvgIpc) is 2.66. The molecule has 1 fully saturated rings. The van der Waals surface area contributed by atoms with Crippen LogP contribution in [0.3, 0.4) is 0 Å². The predicted molar refractivity (Wildman–Crippen MR) is 94.1 cm³/mol. The number of non-ortho nitro benzene ring substituents is 1. The van der Waals surface area contributed by atoms with Crippen LogP contribution in [0, 0.1) is 15.9 Å². The normalized spacial score (nSPS) is 16.4. The van der Waals surface area contributed by atoms with Crippen LogP contribution in [0.25, 0.3) is 0 Å². The lowest BCUT2D eigenvalue weighted by Gasteiger charge is -2.35. The average molecular weight is 415 g/mol. The van der Waals surface area contributed by atoms with E-state index < -0.39 is 40.3 Å². The van der Waals surface area contributed by atoms with Crippen molar-refractivity contribution in [2.45, 2.75) is 12.4 Å². The smallest absolute Gasteiger partial charge is 0.505 e. The quantitative estimate of drug-likeness (QED) is 0.443. The summed E-state index contributed by atoms with van der Waals surface area (Å²) in [6, 6.07) is 5.80. The number of alkyl halides is 3. The predicted octanol–water partition coefficient (Wildman–Crippen LogP) is 3.33. The van der Waals surface area contributed by atoms with E-state index in [2.05, 4.69) is 10.1 Å². The van der Waals surface area contributed by atoms with Crippen LogP contribution in [0.1, 0.15) is 17.2 Å². The van der Waals surface area contributed by atoms with E-state index in [0.29, 0.717) is 37.8 Å². The summed E-state index contributed by atoms with van der Waals surface area (Å²) in [4.78, 5) is 12.2. The minimum Gasteiger partial charge on any atom is -0.505 e. The number of halogens is 4. The van der Waals surface area contributed by atoms with Gasteiger partial charge in [-0.2, -0.15) is 0 Å². The number of benzene rings is 2. The third-order valence-electron chi connectivity index (χ3n) is 4.53. The number of nitro groups is 1.